The number of nitrogens with one attached hydrogen (secondary N) is 1. The third-order valence-corrected chi connectivity index (χ3v) is 3.64. The van der Waals surface area contributed by atoms with Gasteiger partial charge in [-0.15, -0.1) is 0 Å². The van der Waals surface area contributed by atoms with Crippen LogP contribution < -0.4 is 14.8 Å². The number of ether oxygens (including phenoxy) is 2. The Morgan fingerprint density at radius 3 is 2.63 bits per heavy atom. The number of hydrogen-bond donors (Lipinski definition) is 2. The Bertz CT molecular complexity index is 414. The lowest BCUT2D eigenvalue weighted by Crippen LogP contribution is -2.32. The van der Waals surface area contributed by atoms with Crippen LogP contribution >= 0.6 is 0 Å². The van der Waals surface area contributed by atoms with E-state index in [2.05, 4.69) is 5.32 Å². The van der Waals surface area contributed by atoms with E-state index in [1.165, 1.54) is 0 Å². The van der Waals surface area contributed by atoms with Gasteiger partial charge in [0.2, 0.25) is 0 Å². The van der Waals surface area contributed by atoms with Crippen LogP contribution in [0.5, 0.6) is 11.5 Å². The van der Waals surface area contributed by atoms with E-state index in [0.717, 1.165) is 37.8 Å². The first-order chi connectivity index (χ1) is 9.17. The fourth-order valence-corrected chi connectivity index (χ4v) is 2.53. The van der Waals surface area contributed by atoms with Crippen LogP contribution in [0.15, 0.2) is 18.2 Å². The molecule has 0 bridgehead atoms. The van der Waals surface area contributed by atoms with E-state index in [-0.39, 0.29) is 0 Å². The van der Waals surface area contributed by atoms with Gasteiger partial charge in [0.1, 0.15) is 6.61 Å². The van der Waals surface area contributed by atoms with Crippen molar-refractivity contribution < 1.29 is 14.6 Å². The van der Waals surface area contributed by atoms with Gasteiger partial charge in [-0.3, -0.25) is 0 Å². The Kier molecular flexibility index (Phi) is 4.66. The molecule has 0 amide bonds. The van der Waals surface area contributed by atoms with Crippen molar-refractivity contribution >= 4 is 0 Å². The van der Waals surface area contributed by atoms with Gasteiger partial charge in [0.25, 0.3) is 0 Å². The average molecular weight is 265 g/mol. The molecule has 0 saturated heterocycles. The normalized spacial score (nSPS) is 17.4. The van der Waals surface area contributed by atoms with E-state index in [0.29, 0.717) is 18.1 Å². The maximum atomic E-state index is 10.3. The maximum absolute atomic E-state index is 10.3. The molecule has 0 atom stereocenters. The molecule has 0 aromatic heterocycles. The zero-order valence-electron chi connectivity index (χ0n) is 11.7. The average Bonchev–Trinajstić information content (AvgIpc) is 2.85. The Balaban J connectivity index is 2.02. The van der Waals surface area contributed by atoms with Crippen molar-refractivity contribution in [1.29, 1.82) is 0 Å². The summed E-state index contributed by atoms with van der Waals surface area (Å²) in [5, 5.41) is 13.4. The lowest BCUT2D eigenvalue weighted by Gasteiger charge is -2.23. The molecular weight excluding hydrogens is 242 g/mol. The summed E-state index contributed by atoms with van der Waals surface area (Å²) in [5.74, 6) is 1.41. The number of hydrogen-bond acceptors (Lipinski definition) is 4. The molecule has 4 nitrogen and oxygen atoms in total. The highest BCUT2D eigenvalue weighted by Gasteiger charge is 2.32. The zero-order chi connectivity index (χ0) is 13.7. The molecule has 2 N–H and O–H groups in total. The van der Waals surface area contributed by atoms with E-state index < -0.39 is 5.60 Å². The number of methoxy groups -OCH3 is 1. The summed E-state index contributed by atoms with van der Waals surface area (Å²) >= 11 is 0. The zero-order valence-corrected chi connectivity index (χ0v) is 11.7. The topological polar surface area (TPSA) is 50.7 Å². The maximum Gasteiger partial charge on any atom is 0.161 e. The molecule has 1 saturated carbocycles. The summed E-state index contributed by atoms with van der Waals surface area (Å²) in [5.41, 5.74) is 0.487. The second kappa shape index (κ2) is 6.26. The van der Waals surface area contributed by atoms with Crippen LogP contribution in [0, 0.1) is 0 Å². The first kappa shape index (κ1) is 14.2. The van der Waals surface area contributed by atoms with Gasteiger partial charge in [0.15, 0.2) is 11.5 Å². The van der Waals surface area contributed by atoms with Crippen molar-refractivity contribution in [2.24, 2.45) is 0 Å². The SMILES string of the molecule is CNCc1ccc(OCC2(O)CCCC2)c(OC)c1. The van der Waals surface area contributed by atoms with Gasteiger partial charge in [0, 0.05) is 6.54 Å². The molecule has 1 aromatic carbocycles. The lowest BCUT2D eigenvalue weighted by molar-refractivity contribution is 0.000730. The van der Waals surface area contributed by atoms with Crippen molar-refractivity contribution in [3.05, 3.63) is 23.8 Å². The molecule has 106 valence electrons. The number of benzene rings is 1. The van der Waals surface area contributed by atoms with Crippen molar-refractivity contribution in [1.82, 2.24) is 5.32 Å². The Labute approximate surface area is 114 Å². The summed E-state index contributed by atoms with van der Waals surface area (Å²) in [6, 6.07) is 5.88. The quantitative estimate of drug-likeness (QED) is 0.827. The fraction of sp³-hybridized carbons (Fsp3) is 0.600. The van der Waals surface area contributed by atoms with Crippen molar-refractivity contribution in [3.63, 3.8) is 0 Å². The van der Waals surface area contributed by atoms with E-state index in [4.69, 9.17) is 9.47 Å². The summed E-state index contributed by atoms with van der Waals surface area (Å²) in [6.45, 7) is 1.13. The van der Waals surface area contributed by atoms with Crippen LogP contribution in [0.2, 0.25) is 0 Å². The van der Waals surface area contributed by atoms with Crippen LogP contribution in [0.4, 0.5) is 0 Å². The predicted molar refractivity (Wildman–Crippen MR) is 74.7 cm³/mol. The van der Waals surface area contributed by atoms with Crippen molar-refractivity contribution in [3.8, 4) is 11.5 Å². The van der Waals surface area contributed by atoms with E-state index >= 15 is 0 Å². The third-order valence-electron chi connectivity index (χ3n) is 3.64. The largest absolute Gasteiger partial charge is 0.493 e. The molecule has 1 aliphatic rings. The summed E-state index contributed by atoms with van der Waals surface area (Å²) < 4.78 is 11.1. The minimum absolute atomic E-state index is 0.342. The fourth-order valence-electron chi connectivity index (χ4n) is 2.53. The van der Waals surface area contributed by atoms with Crippen molar-refractivity contribution in [2.75, 3.05) is 20.8 Å². The van der Waals surface area contributed by atoms with Gasteiger partial charge < -0.3 is 19.9 Å². The summed E-state index contributed by atoms with van der Waals surface area (Å²) in [4.78, 5) is 0. The second-order valence-electron chi connectivity index (χ2n) is 5.24. The first-order valence-corrected chi connectivity index (χ1v) is 6.83. The van der Waals surface area contributed by atoms with Gasteiger partial charge in [-0.25, -0.2) is 0 Å². The van der Waals surface area contributed by atoms with Gasteiger partial charge in [-0.1, -0.05) is 18.9 Å². The number of aliphatic hydroxyl groups is 1. The monoisotopic (exact) mass is 265 g/mol. The van der Waals surface area contributed by atoms with Gasteiger partial charge >= 0.3 is 0 Å². The highest BCUT2D eigenvalue weighted by Crippen LogP contribution is 2.33. The van der Waals surface area contributed by atoms with Crippen molar-refractivity contribution in [2.45, 2.75) is 37.8 Å². The minimum atomic E-state index is -0.658. The third kappa shape index (κ3) is 3.61. The molecule has 0 unspecified atom stereocenters. The highest BCUT2D eigenvalue weighted by atomic mass is 16.5. The summed E-state index contributed by atoms with van der Waals surface area (Å²) in [6.07, 6.45) is 3.82. The van der Waals surface area contributed by atoms with Gasteiger partial charge in [-0.2, -0.15) is 0 Å². The van der Waals surface area contributed by atoms with E-state index in [9.17, 15) is 5.11 Å². The highest BCUT2D eigenvalue weighted by molar-refractivity contribution is 5.43. The van der Waals surface area contributed by atoms with Crippen LogP contribution in [0.1, 0.15) is 31.2 Å². The second-order valence-corrected chi connectivity index (χ2v) is 5.24. The van der Waals surface area contributed by atoms with Crippen LogP contribution in [0.3, 0.4) is 0 Å². The molecule has 1 fully saturated rings. The van der Waals surface area contributed by atoms with Crippen LogP contribution in [-0.4, -0.2) is 31.5 Å². The Hall–Kier alpha value is -1.26. The van der Waals surface area contributed by atoms with Gasteiger partial charge in [-0.05, 0) is 37.6 Å². The molecule has 0 aliphatic heterocycles. The molecule has 1 aromatic rings. The number of rotatable bonds is 6. The molecular formula is C15H23NO3. The molecule has 2 rings (SSSR count). The van der Waals surface area contributed by atoms with Gasteiger partial charge in [0.05, 0.1) is 12.7 Å². The molecule has 4 heteroatoms. The smallest absolute Gasteiger partial charge is 0.161 e. The Morgan fingerprint density at radius 2 is 2.00 bits per heavy atom. The van der Waals surface area contributed by atoms with Crippen LogP contribution in [-0.2, 0) is 6.54 Å². The molecule has 0 heterocycles. The first-order valence-electron chi connectivity index (χ1n) is 6.83. The Morgan fingerprint density at radius 1 is 1.26 bits per heavy atom. The summed E-state index contributed by atoms with van der Waals surface area (Å²) in [7, 11) is 3.54. The predicted octanol–water partition coefficient (Wildman–Crippen LogP) is 2.10. The molecule has 19 heavy (non-hydrogen) atoms. The molecule has 1 aliphatic carbocycles. The van der Waals surface area contributed by atoms with E-state index in [1.807, 2.05) is 25.2 Å². The van der Waals surface area contributed by atoms with E-state index in [1.54, 1.807) is 7.11 Å². The molecule has 0 radical (unpaired) electrons. The standard InChI is InChI=1S/C15H23NO3/c1-16-10-12-5-6-13(14(9-12)18-2)19-11-15(17)7-3-4-8-15/h5-6,9,16-17H,3-4,7-8,10-11H2,1-2H3. The molecule has 0 spiro atoms. The lowest BCUT2D eigenvalue weighted by atomic mass is 10.0. The van der Waals surface area contributed by atoms with Crippen LogP contribution in [0.25, 0.3) is 0 Å². The minimum Gasteiger partial charge on any atom is -0.493 e.